The highest BCUT2D eigenvalue weighted by Gasteiger charge is 2.17. The van der Waals surface area contributed by atoms with Gasteiger partial charge in [0.15, 0.2) is 17.4 Å². The number of ether oxygens (including phenoxy) is 2. The molecule has 0 saturated heterocycles. The van der Waals surface area contributed by atoms with Gasteiger partial charge in [-0.3, -0.25) is 0 Å². The smallest absolute Gasteiger partial charge is 0.221 e. The van der Waals surface area contributed by atoms with Gasteiger partial charge in [-0.2, -0.15) is 0 Å². The van der Waals surface area contributed by atoms with Gasteiger partial charge in [0.05, 0.1) is 6.61 Å². The molecule has 0 radical (unpaired) electrons. The van der Waals surface area contributed by atoms with Gasteiger partial charge in [0.1, 0.15) is 11.5 Å². The summed E-state index contributed by atoms with van der Waals surface area (Å²) in [6, 6.07) is 11.4. The lowest BCUT2D eigenvalue weighted by molar-refractivity contribution is 0.306. The Bertz CT molecular complexity index is 892. The van der Waals surface area contributed by atoms with E-state index in [1.165, 1.54) is 24.3 Å². The van der Waals surface area contributed by atoms with Crippen molar-refractivity contribution in [1.82, 2.24) is 4.98 Å². The van der Waals surface area contributed by atoms with Gasteiger partial charge in [0.25, 0.3) is 0 Å². The summed E-state index contributed by atoms with van der Waals surface area (Å²) in [7, 11) is 0. The summed E-state index contributed by atoms with van der Waals surface area (Å²) < 4.78 is 39.7. The van der Waals surface area contributed by atoms with Gasteiger partial charge >= 0.3 is 0 Å². The maximum atomic E-state index is 14.5. The summed E-state index contributed by atoms with van der Waals surface area (Å²) in [6.45, 7) is 2.41. The first kappa shape index (κ1) is 17.7. The van der Waals surface area contributed by atoms with Crippen LogP contribution in [0.2, 0.25) is 0 Å². The highest BCUT2D eigenvalue weighted by Crippen LogP contribution is 2.35. The number of phenolic OH excluding ortho intramolecular Hbond substituents is 1. The topological polar surface area (TPSA) is 51.6 Å². The molecule has 0 bridgehead atoms. The molecule has 1 N–H and O–H groups in total. The zero-order chi connectivity index (χ0) is 18.5. The van der Waals surface area contributed by atoms with Crippen molar-refractivity contribution in [3.8, 4) is 34.3 Å². The van der Waals surface area contributed by atoms with E-state index in [2.05, 4.69) is 4.98 Å². The minimum absolute atomic E-state index is 0.0620. The zero-order valence-corrected chi connectivity index (χ0v) is 14.1. The Morgan fingerprint density at radius 1 is 1.04 bits per heavy atom. The molecule has 3 aromatic rings. The summed E-state index contributed by atoms with van der Waals surface area (Å²) >= 11 is 0. The van der Waals surface area contributed by atoms with Crippen molar-refractivity contribution in [2.24, 2.45) is 0 Å². The number of halogens is 2. The molecule has 0 aliphatic rings. The van der Waals surface area contributed by atoms with Crippen LogP contribution in [0.15, 0.2) is 54.7 Å². The van der Waals surface area contributed by atoms with Crippen LogP contribution in [0.25, 0.3) is 11.1 Å². The van der Waals surface area contributed by atoms with Gasteiger partial charge < -0.3 is 14.6 Å². The molecule has 0 spiro atoms. The summed E-state index contributed by atoms with van der Waals surface area (Å²) in [5, 5.41) is 9.44. The van der Waals surface area contributed by atoms with Crippen molar-refractivity contribution in [1.29, 1.82) is 0 Å². The van der Waals surface area contributed by atoms with Crippen molar-refractivity contribution in [2.75, 3.05) is 6.61 Å². The van der Waals surface area contributed by atoms with E-state index in [1.54, 1.807) is 18.3 Å². The Morgan fingerprint density at radius 2 is 1.81 bits per heavy atom. The first-order chi connectivity index (χ1) is 12.6. The van der Waals surface area contributed by atoms with Gasteiger partial charge in [-0.05, 0) is 48.4 Å². The minimum Gasteiger partial charge on any atom is -0.508 e. The number of benzene rings is 2. The molecular formula is C20H17F2NO3. The van der Waals surface area contributed by atoms with Crippen LogP contribution in [0, 0.1) is 11.6 Å². The molecule has 0 atom stereocenters. The van der Waals surface area contributed by atoms with E-state index in [9.17, 15) is 13.9 Å². The largest absolute Gasteiger partial charge is 0.508 e. The van der Waals surface area contributed by atoms with E-state index < -0.39 is 17.4 Å². The number of rotatable bonds is 6. The molecule has 6 heteroatoms. The monoisotopic (exact) mass is 357 g/mol. The molecule has 26 heavy (non-hydrogen) atoms. The number of phenols is 1. The Morgan fingerprint density at radius 3 is 2.50 bits per heavy atom. The zero-order valence-electron chi connectivity index (χ0n) is 14.1. The standard InChI is InChI=1S/C20H17F2NO3/c1-2-9-25-20-16(7-4-8-23-20)13-10-17(21)19(18(22)11-13)26-15-6-3-5-14(24)12-15/h3-8,10-12,24H,2,9H2,1H3. The molecule has 4 nitrogen and oxygen atoms in total. The van der Waals surface area contributed by atoms with Crippen molar-refractivity contribution >= 4 is 0 Å². The van der Waals surface area contributed by atoms with Gasteiger partial charge in [-0.25, -0.2) is 13.8 Å². The van der Waals surface area contributed by atoms with Crippen LogP contribution in [0.3, 0.4) is 0 Å². The predicted octanol–water partition coefficient (Wildman–Crippen LogP) is 5.31. The number of pyridine rings is 1. The molecule has 0 unspecified atom stereocenters. The van der Waals surface area contributed by atoms with Gasteiger partial charge in [0.2, 0.25) is 5.88 Å². The van der Waals surface area contributed by atoms with Crippen LogP contribution < -0.4 is 9.47 Å². The first-order valence-corrected chi connectivity index (χ1v) is 8.12. The number of hydrogen-bond acceptors (Lipinski definition) is 4. The second kappa shape index (κ2) is 7.82. The van der Waals surface area contributed by atoms with Crippen molar-refractivity contribution < 1.29 is 23.4 Å². The van der Waals surface area contributed by atoms with E-state index in [1.807, 2.05) is 6.92 Å². The molecule has 0 aliphatic heterocycles. The van der Waals surface area contributed by atoms with Crippen molar-refractivity contribution in [3.05, 3.63) is 66.4 Å². The average molecular weight is 357 g/mol. The number of aromatic nitrogens is 1. The molecule has 0 saturated carbocycles. The molecule has 1 aromatic heterocycles. The molecule has 3 rings (SSSR count). The quantitative estimate of drug-likeness (QED) is 0.649. The highest BCUT2D eigenvalue weighted by atomic mass is 19.1. The summed E-state index contributed by atoms with van der Waals surface area (Å²) in [5.41, 5.74) is 0.783. The molecule has 134 valence electrons. The van der Waals surface area contributed by atoms with Crippen LogP contribution in [0.4, 0.5) is 8.78 Å². The fourth-order valence-corrected chi connectivity index (χ4v) is 2.40. The molecule has 2 aromatic carbocycles. The van der Waals surface area contributed by atoms with E-state index in [0.717, 1.165) is 18.6 Å². The predicted molar refractivity (Wildman–Crippen MR) is 93.6 cm³/mol. The molecule has 1 heterocycles. The normalized spacial score (nSPS) is 10.6. The van der Waals surface area contributed by atoms with Gasteiger partial charge in [0, 0.05) is 17.8 Å². The second-order valence-electron chi connectivity index (χ2n) is 5.57. The summed E-state index contributed by atoms with van der Waals surface area (Å²) in [5.74, 6) is -1.90. The average Bonchev–Trinajstić information content (AvgIpc) is 2.63. The lowest BCUT2D eigenvalue weighted by atomic mass is 10.1. The highest BCUT2D eigenvalue weighted by molar-refractivity contribution is 5.69. The molecule has 0 amide bonds. The third kappa shape index (κ3) is 3.91. The SMILES string of the molecule is CCCOc1ncccc1-c1cc(F)c(Oc2cccc(O)c2)c(F)c1. The van der Waals surface area contributed by atoms with Crippen molar-refractivity contribution in [2.45, 2.75) is 13.3 Å². The maximum Gasteiger partial charge on any atom is 0.221 e. The summed E-state index contributed by atoms with van der Waals surface area (Å²) in [6.07, 6.45) is 2.34. The first-order valence-electron chi connectivity index (χ1n) is 8.12. The Hall–Kier alpha value is -3.15. The Balaban J connectivity index is 1.95. The third-order valence-electron chi connectivity index (χ3n) is 3.56. The third-order valence-corrected chi connectivity index (χ3v) is 3.56. The Labute approximate surface area is 149 Å². The number of hydrogen-bond donors (Lipinski definition) is 1. The van der Waals surface area contributed by atoms with Crippen LogP contribution in [-0.4, -0.2) is 16.7 Å². The van der Waals surface area contributed by atoms with E-state index in [4.69, 9.17) is 9.47 Å². The lowest BCUT2D eigenvalue weighted by Crippen LogP contribution is -2.00. The van der Waals surface area contributed by atoms with E-state index in [0.29, 0.717) is 23.6 Å². The Kier molecular flexibility index (Phi) is 5.31. The van der Waals surface area contributed by atoms with Gasteiger partial charge in [-0.1, -0.05) is 13.0 Å². The molecule has 0 aliphatic carbocycles. The fraction of sp³-hybridized carbons (Fsp3) is 0.150. The molecule has 0 fully saturated rings. The maximum absolute atomic E-state index is 14.5. The van der Waals surface area contributed by atoms with Gasteiger partial charge in [-0.15, -0.1) is 0 Å². The minimum atomic E-state index is -0.867. The van der Waals surface area contributed by atoms with Crippen LogP contribution in [-0.2, 0) is 0 Å². The van der Waals surface area contributed by atoms with Crippen LogP contribution in [0.5, 0.6) is 23.1 Å². The van der Waals surface area contributed by atoms with E-state index in [-0.39, 0.29) is 11.5 Å². The lowest BCUT2D eigenvalue weighted by Gasteiger charge is -2.12. The molecular weight excluding hydrogens is 340 g/mol. The van der Waals surface area contributed by atoms with E-state index >= 15 is 0 Å². The number of nitrogens with zero attached hydrogens (tertiary/aromatic N) is 1. The van der Waals surface area contributed by atoms with Crippen molar-refractivity contribution in [3.63, 3.8) is 0 Å². The number of aromatic hydroxyl groups is 1. The summed E-state index contributed by atoms with van der Waals surface area (Å²) in [4.78, 5) is 4.13. The second-order valence-corrected chi connectivity index (χ2v) is 5.57. The van der Waals surface area contributed by atoms with Crippen LogP contribution >= 0.6 is 0 Å². The van der Waals surface area contributed by atoms with Crippen LogP contribution in [0.1, 0.15) is 13.3 Å². The fourth-order valence-electron chi connectivity index (χ4n) is 2.40.